The van der Waals surface area contributed by atoms with Gasteiger partial charge in [-0.25, -0.2) is 14.8 Å². The predicted molar refractivity (Wildman–Crippen MR) is 202 cm³/mol. The van der Waals surface area contributed by atoms with Gasteiger partial charge in [0, 0.05) is 0 Å². The summed E-state index contributed by atoms with van der Waals surface area (Å²) in [6.07, 6.45) is 25.0. The molecule has 8 heteroatoms. The van der Waals surface area contributed by atoms with Crippen LogP contribution in [-0.2, 0) is 50.0 Å². The molecule has 0 saturated carbocycles. The van der Waals surface area contributed by atoms with E-state index >= 15 is 0 Å². The van der Waals surface area contributed by atoms with Gasteiger partial charge in [-0.1, -0.05) is 83.7 Å². The maximum atomic E-state index is 11.5. The Labute approximate surface area is 309 Å². The van der Waals surface area contributed by atoms with Crippen LogP contribution in [0.3, 0.4) is 0 Å². The molecule has 0 atom stereocenters. The van der Waals surface area contributed by atoms with Crippen molar-refractivity contribution < 1.29 is 29.4 Å². The van der Waals surface area contributed by atoms with Crippen molar-refractivity contribution in [2.75, 3.05) is 0 Å². The maximum Gasteiger partial charge on any atom is 2.00 e. The van der Waals surface area contributed by atoms with E-state index in [4.69, 9.17) is 19.9 Å². The molecular formula is C42H47N5O2Zn. The third-order valence-corrected chi connectivity index (χ3v) is 9.18. The normalized spacial score (nSPS) is 12.4. The van der Waals surface area contributed by atoms with E-state index < -0.39 is 5.97 Å². The Morgan fingerprint density at radius 3 is 1.60 bits per heavy atom. The first-order valence-corrected chi connectivity index (χ1v) is 18.0. The van der Waals surface area contributed by atoms with Crippen LogP contribution >= 0.6 is 0 Å². The van der Waals surface area contributed by atoms with Crippen LogP contribution in [0.4, 0.5) is 0 Å². The van der Waals surface area contributed by atoms with Gasteiger partial charge in [-0.3, -0.25) is 0 Å². The Morgan fingerprint density at radius 1 is 0.720 bits per heavy atom. The minimum Gasteiger partial charge on any atom is -0.657 e. The molecule has 0 amide bonds. The smallest absolute Gasteiger partial charge is 0.657 e. The summed E-state index contributed by atoms with van der Waals surface area (Å²) in [7, 11) is 0. The molecule has 3 aromatic heterocycles. The van der Waals surface area contributed by atoms with Gasteiger partial charge in [0.15, 0.2) is 0 Å². The number of carboxylic acid groups (broad SMARTS) is 1. The molecule has 1 N–H and O–H groups in total. The number of unbranched alkanes of at least 4 members (excludes halogenated alkanes) is 4. The fraction of sp³-hybridized carbons (Fsp3) is 0.381. The number of carboxylic acids is 1. The third kappa shape index (κ3) is 8.87. The SMILES string of the molecule is CCCCc1c2nc(c(CCCC)c3cc(/C=C/C=C(/C#N)C(=O)O)c([n-]3)c(CCCC)c3nc(c(CCCC)c4ccc1[n-]4)C=C3)C=C2.[Zn+2]. The van der Waals surface area contributed by atoms with Crippen LogP contribution in [0.1, 0.15) is 130 Å². The zero-order valence-electron chi connectivity index (χ0n) is 30.1. The van der Waals surface area contributed by atoms with Gasteiger partial charge in [0.05, 0.1) is 22.8 Å². The minimum absolute atomic E-state index is 0. The summed E-state index contributed by atoms with van der Waals surface area (Å²) in [5, 5.41) is 18.8. The maximum absolute atomic E-state index is 11.5. The summed E-state index contributed by atoms with van der Waals surface area (Å²) in [5.41, 5.74) is 12.4. The largest absolute Gasteiger partial charge is 2.00 e. The van der Waals surface area contributed by atoms with Gasteiger partial charge >= 0.3 is 25.4 Å². The number of hydrogen-bond donors (Lipinski definition) is 1. The van der Waals surface area contributed by atoms with E-state index in [1.807, 2.05) is 6.08 Å². The Hall–Kier alpha value is -4.34. The number of aliphatic carboxylic acids is 1. The van der Waals surface area contributed by atoms with Crippen LogP contribution < -0.4 is 9.97 Å². The van der Waals surface area contributed by atoms with Crippen molar-refractivity contribution in [2.24, 2.45) is 0 Å². The van der Waals surface area contributed by atoms with Crippen molar-refractivity contribution >= 4 is 58.4 Å². The molecule has 5 heterocycles. The molecule has 0 spiro atoms. The standard InChI is InChI=1S/C42H48N5O2.Zn/c1-5-9-16-30-34-20-21-35(44-34)31(17-10-6-2)37-24-25-39(46-37)33(19-12-8-4)41-28(14-13-15-29(27-43)42(48)49)26-40(47-41)32(18-11-7-3)38-23-22-36(30)45-38;/h13-15,20-26H,5-12,16-19H2,1-4H3,(H2-,44,45,46,47,48,49);/q-1;+2/p-1/b14-13+,29-15-,34-30?,35-31?,36-30?,37-31?,38-32?,39-33?,40-32?,41-33?;. The van der Waals surface area contributed by atoms with Gasteiger partial charge in [-0.05, 0) is 110 Å². The van der Waals surface area contributed by atoms with Crippen molar-refractivity contribution in [2.45, 2.75) is 105 Å². The molecule has 0 saturated heterocycles. The zero-order chi connectivity index (χ0) is 34.8. The fourth-order valence-electron chi connectivity index (χ4n) is 6.40. The summed E-state index contributed by atoms with van der Waals surface area (Å²) < 4.78 is 0. The first-order valence-electron chi connectivity index (χ1n) is 18.0. The third-order valence-electron chi connectivity index (χ3n) is 9.18. The second-order valence-corrected chi connectivity index (χ2v) is 12.8. The van der Waals surface area contributed by atoms with Crippen molar-refractivity contribution in [3.8, 4) is 6.07 Å². The molecule has 254 valence electrons. The summed E-state index contributed by atoms with van der Waals surface area (Å²) in [6.45, 7) is 8.79. The molecule has 7 nitrogen and oxygen atoms in total. The first kappa shape index (κ1) is 38.5. The molecule has 0 aliphatic carbocycles. The number of rotatable bonds is 15. The monoisotopic (exact) mass is 717 g/mol. The van der Waals surface area contributed by atoms with E-state index in [2.05, 4.69) is 70.2 Å². The Morgan fingerprint density at radius 2 is 1.16 bits per heavy atom. The molecule has 5 rings (SSSR count). The number of nitrogens with zero attached hydrogens (tertiary/aromatic N) is 5. The van der Waals surface area contributed by atoms with Crippen LogP contribution in [0.25, 0.3) is 52.4 Å². The molecule has 2 aliphatic heterocycles. The molecule has 8 bridgehead atoms. The number of carbonyl (C=O) groups is 1. The summed E-state index contributed by atoms with van der Waals surface area (Å²) in [6, 6.07) is 8.16. The molecular weight excluding hydrogens is 672 g/mol. The van der Waals surface area contributed by atoms with Crippen LogP contribution in [0, 0.1) is 11.3 Å². The summed E-state index contributed by atoms with van der Waals surface area (Å²) >= 11 is 0. The van der Waals surface area contributed by atoms with Gasteiger partial charge < -0.3 is 15.1 Å². The molecule has 2 aliphatic rings. The number of nitriles is 1. The van der Waals surface area contributed by atoms with Crippen LogP contribution in [0.2, 0.25) is 0 Å². The van der Waals surface area contributed by atoms with Crippen LogP contribution in [0.5, 0.6) is 0 Å². The van der Waals surface area contributed by atoms with Gasteiger partial charge in [0.25, 0.3) is 0 Å². The van der Waals surface area contributed by atoms with Gasteiger partial charge in [0.1, 0.15) is 11.6 Å². The van der Waals surface area contributed by atoms with Crippen molar-refractivity contribution in [3.63, 3.8) is 0 Å². The van der Waals surface area contributed by atoms with E-state index in [0.717, 1.165) is 144 Å². The first-order chi connectivity index (χ1) is 23.9. The predicted octanol–water partition coefficient (Wildman–Crippen LogP) is 9.83. The van der Waals surface area contributed by atoms with Gasteiger partial charge in [0.2, 0.25) is 0 Å². The van der Waals surface area contributed by atoms with Crippen LogP contribution in [-0.4, -0.2) is 21.0 Å². The molecule has 0 radical (unpaired) electrons. The Balaban J connectivity index is 0.00000562. The average Bonchev–Trinajstić information content (AvgIpc) is 3.93. The molecule has 0 unspecified atom stereocenters. The summed E-state index contributed by atoms with van der Waals surface area (Å²) in [4.78, 5) is 32.7. The number of allylic oxidation sites excluding steroid dienone is 2. The van der Waals surface area contributed by atoms with Crippen molar-refractivity contribution in [1.82, 2.24) is 19.9 Å². The average molecular weight is 719 g/mol. The quantitative estimate of drug-likeness (QED) is 0.0496. The second-order valence-electron chi connectivity index (χ2n) is 12.8. The van der Waals surface area contributed by atoms with Gasteiger partial charge in [-0.2, -0.15) is 5.26 Å². The van der Waals surface area contributed by atoms with E-state index in [0.29, 0.717) is 0 Å². The molecule has 0 fully saturated rings. The van der Waals surface area contributed by atoms with Crippen LogP contribution in [0.15, 0.2) is 35.9 Å². The topological polar surface area (TPSA) is 115 Å². The zero-order valence-corrected chi connectivity index (χ0v) is 33.0. The van der Waals surface area contributed by atoms with E-state index in [1.165, 1.54) is 11.6 Å². The number of aryl methyl sites for hydroxylation is 4. The van der Waals surface area contributed by atoms with E-state index in [9.17, 15) is 15.2 Å². The Bertz CT molecular complexity index is 2020. The second kappa shape index (κ2) is 18.6. The molecule has 50 heavy (non-hydrogen) atoms. The Kier molecular flexibility index (Phi) is 14.3. The van der Waals surface area contributed by atoms with Gasteiger partial charge in [-0.15, -0.1) is 22.1 Å². The molecule has 0 aromatic carbocycles. The minimum atomic E-state index is -1.25. The van der Waals surface area contributed by atoms with Crippen molar-refractivity contribution in [3.05, 3.63) is 86.5 Å². The fourth-order valence-corrected chi connectivity index (χ4v) is 6.40. The number of hydrogen-bond acceptors (Lipinski definition) is 4. The summed E-state index contributed by atoms with van der Waals surface area (Å²) in [5.74, 6) is -1.25. The van der Waals surface area contributed by atoms with E-state index in [1.54, 1.807) is 12.1 Å². The number of aromatic nitrogens is 4. The molecule has 3 aromatic rings. The van der Waals surface area contributed by atoms with E-state index in [-0.39, 0.29) is 25.1 Å². The van der Waals surface area contributed by atoms with Crippen molar-refractivity contribution in [1.29, 1.82) is 5.26 Å². The number of fused-ring (bicyclic) bond motifs is 8.